The molecular weight excluding hydrogens is 394 g/mol. The van der Waals surface area contributed by atoms with E-state index in [1.165, 1.54) is 0 Å². The lowest BCUT2D eigenvalue weighted by Gasteiger charge is -2.36. The van der Waals surface area contributed by atoms with Gasteiger partial charge in [-0.05, 0) is 57.6 Å². The lowest BCUT2D eigenvalue weighted by atomic mass is 9.86. The Morgan fingerprint density at radius 1 is 1.10 bits per heavy atom. The van der Waals surface area contributed by atoms with Crippen molar-refractivity contribution in [2.45, 2.75) is 69.7 Å². The van der Waals surface area contributed by atoms with E-state index >= 15 is 0 Å². The third-order valence-electron chi connectivity index (χ3n) is 6.36. The summed E-state index contributed by atoms with van der Waals surface area (Å²) in [7, 11) is 0. The fourth-order valence-electron chi connectivity index (χ4n) is 4.50. The van der Waals surface area contributed by atoms with E-state index in [1.54, 1.807) is 12.4 Å². The summed E-state index contributed by atoms with van der Waals surface area (Å²) in [5.41, 5.74) is 2.86. The summed E-state index contributed by atoms with van der Waals surface area (Å²) in [5, 5.41) is 16.3. The van der Waals surface area contributed by atoms with Gasteiger partial charge in [-0.3, -0.25) is 4.79 Å². The summed E-state index contributed by atoms with van der Waals surface area (Å²) in [4.78, 5) is 30.2. The molecule has 2 fully saturated rings. The van der Waals surface area contributed by atoms with E-state index in [9.17, 15) is 9.90 Å². The highest BCUT2D eigenvalue weighted by molar-refractivity contribution is 5.92. The molecule has 0 unspecified atom stereocenters. The molecule has 0 radical (unpaired) electrons. The zero-order valence-electron chi connectivity index (χ0n) is 17.5. The average molecular weight is 422 g/mol. The van der Waals surface area contributed by atoms with Gasteiger partial charge in [0.1, 0.15) is 17.5 Å². The van der Waals surface area contributed by atoms with Gasteiger partial charge in [-0.1, -0.05) is 6.07 Å². The third-order valence-corrected chi connectivity index (χ3v) is 6.36. The molecule has 0 bridgehead atoms. The molecule has 0 atom stereocenters. The molecule has 0 spiro atoms. The van der Waals surface area contributed by atoms with Crippen molar-refractivity contribution in [3.05, 3.63) is 42.2 Å². The van der Waals surface area contributed by atoms with E-state index in [1.807, 2.05) is 25.4 Å². The van der Waals surface area contributed by atoms with Crippen LogP contribution >= 0.6 is 0 Å². The minimum Gasteiger partial charge on any atom is -0.393 e. The van der Waals surface area contributed by atoms with E-state index in [0.717, 1.165) is 61.2 Å². The van der Waals surface area contributed by atoms with Crippen LogP contribution in [0.4, 0.5) is 5.82 Å². The molecule has 9 heteroatoms. The minimum absolute atomic E-state index is 0.116. The number of nitrogens with zero attached hydrogens (tertiary/aromatic N) is 5. The normalized spacial score (nSPS) is 25.7. The van der Waals surface area contributed by atoms with Gasteiger partial charge < -0.3 is 20.3 Å². The number of carbonyl (C=O) groups is 1. The van der Waals surface area contributed by atoms with Crippen molar-refractivity contribution < 1.29 is 9.90 Å². The molecule has 5 rings (SSSR count). The van der Waals surface area contributed by atoms with Gasteiger partial charge >= 0.3 is 0 Å². The molecule has 3 aromatic rings. The third kappa shape index (κ3) is 4.10. The van der Waals surface area contributed by atoms with Crippen molar-refractivity contribution >= 4 is 22.9 Å². The zero-order valence-corrected chi connectivity index (χ0v) is 17.5. The first-order valence-electron chi connectivity index (χ1n) is 10.9. The molecular formula is C22H27N7O2. The van der Waals surface area contributed by atoms with E-state index in [2.05, 4.69) is 35.1 Å². The highest BCUT2D eigenvalue weighted by Gasteiger charge is 2.33. The van der Waals surface area contributed by atoms with Crippen molar-refractivity contribution in [1.82, 2.24) is 29.8 Å². The summed E-state index contributed by atoms with van der Waals surface area (Å²) in [6, 6.07) is 6.12. The molecule has 0 aliphatic heterocycles. The predicted octanol–water partition coefficient (Wildman–Crippen LogP) is 2.38. The highest BCUT2D eigenvalue weighted by Crippen LogP contribution is 2.35. The average Bonchev–Trinajstić information content (AvgIpc) is 3.16. The molecule has 9 nitrogen and oxygen atoms in total. The molecule has 162 valence electrons. The van der Waals surface area contributed by atoms with E-state index in [0.29, 0.717) is 11.7 Å². The second-order valence-corrected chi connectivity index (χ2v) is 8.66. The number of fused-ring (bicyclic) bond motifs is 1. The minimum atomic E-state index is -0.184. The van der Waals surface area contributed by atoms with Gasteiger partial charge in [-0.25, -0.2) is 19.9 Å². The smallest absolute Gasteiger partial charge is 0.270 e. The Hall–Kier alpha value is -3.07. The number of aryl methyl sites for hydroxylation is 1. The van der Waals surface area contributed by atoms with E-state index in [4.69, 9.17) is 0 Å². The molecule has 2 saturated carbocycles. The maximum atomic E-state index is 12.4. The van der Waals surface area contributed by atoms with Crippen LogP contribution in [0.2, 0.25) is 0 Å². The first-order valence-corrected chi connectivity index (χ1v) is 10.9. The van der Waals surface area contributed by atoms with Crippen LogP contribution in [0.1, 0.15) is 60.7 Å². The first kappa shape index (κ1) is 19.9. The van der Waals surface area contributed by atoms with Crippen LogP contribution in [0.5, 0.6) is 0 Å². The SMILES string of the molecule is Cc1cccc(C(=O)NC2CC(n3cnc4c(NC5CCC(O)CC5)ncnc43)C2)n1. The first-order chi connectivity index (χ1) is 15.1. The summed E-state index contributed by atoms with van der Waals surface area (Å²) in [5.74, 6) is 0.619. The molecule has 31 heavy (non-hydrogen) atoms. The number of rotatable bonds is 5. The number of nitrogens with one attached hydrogen (secondary N) is 2. The molecule has 0 saturated heterocycles. The number of hydrogen-bond acceptors (Lipinski definition) is 7. The van der Waals surface area contributed by atoms with Crippen LogP contribution in [0.3, 0.4) is 0 Å². The monoisotopic (exact) mass is 421 g/mol. The number of amides is 1. The van der Waals surface area contributed by atoms with Crippen LogP contribution in [0, 0.1) is 6.92 Å². The highest BCUT2D eigenvalue weighted by atomic mass is 16.3. The number of aliphatic hydroxyl groups is 1. The quantitative estimate of drug-likeness (QED) is 0.579. The fraction of sp³-hybridized carbons (Fsp3) is 0.500. The van der Waals surface area contributed by atoms with Crippen LogP contribution in [-0.2, 0) is 0 Å². The summed E-state index contributed by atoms with van der Waals surface area (Å²) < 4.78 is 2.08. The Labute approximate surface area is 180 Å². The Bertz CT molecular complexity index is 1080. The Kier molecular flexibility index (Phi) is 5.27. The number of anilines is 1. The van der Waals surface area contributed by atoms with Gasteiger partial charge in [-0.15, -0.1) is 0 Å². The second kappa shape index (κ2) is 8.22. The van der Waals surface area contributed by atoms with Crippen molar-refractivity contribution in [3.8, 4) is 0 Å². The molecule has 1 amide bonds. The van der Waals surface area contributed by atoms with Gasteiger partial charge in [0.2, 0.25) is 0 Å². The summed E-state index contributed by atoms with van der Waals surface area (Å²) in [6.45, 7) is 1.88. The van der Waals surface area contributed by atoms with Crippen molar-refractivity contribution in [2.24, 2.45) is 0 Å². The Balaban J connectivity index is 1.23. The van der Waals surface area contributed by atoms with Gasteiger partial charge in [0.15, 0.2) is 11.5 Å². The number of imidazole rings is 1. The van der Waals surface area contributed by atoms with Crippen LogP contribution in [-0.4, -0.2) is 53.7 Å². The number of aromatic nitrogens is 5. The molecule has 2 aliphatic carbocycles. The second-order valence-electron chi connectivity index (χ2n) is 8.66. The topological polar surface area (TPSA) is 118 Å². The predicted molar refractivity (Wildman–Crippen MR) is 116 cm³/mol. The van der Waals surface area contributed by atoms with Gasteiger partial charge in [0.25, 0.3) is 5.91 Å². The molecule has 0 aromatic carbocycles. The standard InChI is InChI=1S/C22H27N7O2/c1-13-3-2-4-18(26-13)22(31)28-15-9-16(10-15)29-12-25-19-20(23-11-24-21(19)29)27-14-5-7-17(30)8-6-14/h2-4,11-12,14-17,30H,5-10H2,1H3,(H,28,31)(H,23,24,27). The number of hydrogen-bond donors (Lipinski definition) is 3. The Morgan fingerprint density at radius 2 is 1.90 bits per heavy atom. The summed E-state index contributed by atoms with van der Waals surface area (Å²) >= 11 is 0. The lowest BCUT2D eigenvalue weighted by molar-refractivity contribution is 0.0889. The molecule has 3 heterocycles. The van der Waals surface area contributed by atoms with Crippen LogP contribution < -0.4 is 10.6 Å². The molecule has 3 aromatic heterocycles. The fourth-order valence-corrected chi connectivity index (χ4v) is 4.50. The maximum Gasteiger partial charge on any atom is 0.270 e. The summed E-state index contributed by atoms with van der Waals surface area (Å²) in [6.07, 6.45) is 8.34. The zero-order chi connectivity index (χ0) is 21.4. The van der Waals surface area contributed by atoms with Gasteiger partial charge in [0, 0.05) is 23.8 Å². The Morgan fingerprint density at radius 3 is 2.68 bits per heavy atom. The number of carbonyl (C=O) groups excluding carboxylic acids is 1. The molecule has 2 aliphatic rings. The van der Waals surface area contributed by atoms with Crippen molar-refractivity contribution in [1.29, 1.82) is 0 Å². The largest absolute Gasteiger partial charge is 0.393 e. The van der Waals surface area contributed by atoms with Gasteiger partial charge in [0.05, 0.1) is 12.4 Å². The van der Waals surface area contributed by atoms with Crippen LogP contribution in [0.15, 0.2) is 30.9 Å². The lowest BCUT2D eigenvalue weighted by Crippen LogP contribution is -2.45. The number of pyridine rings is 1. The molecule has 3 N–H and O–H groups in total. The van der Waals surface area contributed by atoms with E-state index < -0.39 is 0 Å². The van der Waals surface area contributed by atoms with Crippen molar-refractivity contribution in [2.75, 3.05) is 5.32 Å². The van der Waals surface area contributed by atoms with Crippen LogP contribution in [0.25, 0.3) is 11.2 Å². The van der Waals surface area contributed by atoms with Gasteiger partial charge in [-0.2, -0.15) is 0 Å². The maximum absolute atomic E-state index is 12.4. The van der Waals surface area contributed by atoms with E-state index in [-0.39, 0.29) is 24.1 Å². The number of aliphatic hydroxyl groups excluding tert-OH is 1. The van der Waals surface area contributed by atoms with Crippen molar-refractivity contribution in [3.63, 3.8) is 0 Å².